The molecule has 23 heavy (non-hydrogen) atoms. The van der Waals surface area contributed by atoms with Crippen molar-refractivity contribution in [3.63, 3.8) is 0 Å². The molecule has 0 atom stereocenters. The van der Waals surface area contributed by atoms with Crippen LogP contribution in [0.2, 0.25) is 0 Å². The zero-order chi connectivity index (χ0) is 16.0. The molecule has 3 aromatic rings. The van der Waals surface area contributed by atoms with Crippen LogP contribution in [0.25, 0.3) is 11.3 Å². The van der Waals surface area contributed by atoms with E-state index in [2.05, 4.69) is 91.3 Å². The number of aromatic nitrogens is 1. The SMILES string of the molecule is Cc1cc2c(cc1-c1cccc[n+]1C)[Se]c1ccccc1N2C. The van der Waals surface area contributed by atoms with Crippen LogP contribution in [0.5, 0.6) is 0 Å². The van der Waals surface area contributed by atoms with E-state index in [0.717, 1.165) is 0 Å². The second-order valence-corrected chi connectivity index (χ2v) is 8.23. The van der Waals surface area contributed by atoms with E-state index in [1.165, 1.54) is 37.1 Å². The van der Waals surface area contributed by atoms with E-state index in [0.29, 0.717) is 15.0 Å². The number of pyridine rings is 1. The Balaban J connectivity index is 1.89. The third-order valence-corrected chi connectivity index (χ3v) is 6.78. The molecule has 1 aliphatic heterocycles. The van der Waals surface area contributed by atoms with Crippen molar-refractivity contribution in [3.8, 4) is 11.3 Å². The average molecular weight is 366 g/mol. The summed E-state index contributed by atoms with van der Waals surface area (Å²) in [7, 11) is 4.29. The first-order valence-electron chi connectivity index (χ1n) is 7.75. The van der Waals surface area contributed by atoms with Crippen LogP contribution in [0.1, 0.15) is 5.56 Å². The van der Waals surface area contributed by atoms with Crippen LogP contribution >= 0.6 is 0 Å². The summed E-state index contributed by atoms with van der Waals surface area (Å²) >= 11 is 0.355. The minimum atomic E-state index is 0.355. The summed E-state index contributed by atoms with van der Waals surface area (Å²) in [5, 5.41) is 0. The molecular weight excluding hydrogens is 347 g/mol. The van der Waals surface area contributed by atoms with E-state index in [9.17, 15) is 0 Å². The average Bonchev–Trinajstić information content (AvgIpc) is 2.56. The van der Waals surface area contributed by atoms with E-state index < -0.39 is 0 Å². The van der Waals surface area contributed by atoms with Crippen molar-refractivity contribution in [2.75, 3.05) is 11.9 Å². The van der Waals surface area contributed by atoms with Gasteiger partial charge in [-0.1, -0.05) is 0 Å². The van der Waals surface area contributed by atoms with Gasteiger partial charge in [0.15, 0.2) is 0 Å². The topological polar surface area (TPSA) is 7.12 Å². The number of anilines is 2. The van der Waals surface area contributed by atoms with Crippen LogP contribution < -0.4 is 18.4 Å². The predicted octanol–water partition coefficient (Wildman–Crippen LogP) is 2.22. The number of para-hydroxylation sites is 1. The summed E-state index contributed by atoms with van der Waals surface area (Å²) in [6, 6.07) is 19.9. The number of hydrogen-bond donors (Lipinski definition) is 0. The minimum absolute atomic E-state index is 0.355. The van der Waals surface area contributed by atoms with Crippen molar-refractivity contribution in [2.45, 2.75) is 6.92 Å². The number of nitrogens with zero attached hydrogens (tertiary/aromatic N) is 2. The van der Waals surface area contributed by atoms with Crippen LogP contribution in [0.4, 0.5) is 11.4 Å². The second kappa shape index (κ2) is 5.52. The van der Waals surface area contributed by atoms with Gasteiger partial charge in [-0.15, -0.1) is 0 Å². The van der Waals surface area contributed by atoms with Gasteiger partial charge >= 0.3 is 143 Å². The van der Waals surface area contributed by atoms with Crippen molar-refractivity contribution in [2.24, 2.45) is 7.05 Å². The number of aryl methyl sites for hydroxylation is 2. The molecule has 0 aliphatic carbocycles. The molecule has 0 saturated carbocycles. The number of benzene rings is 2. The van der Waals surface area contributed by atoms with Crippen LogP contribution in [-0.2, 0) is 7.05 Å². The van der Waals surface area contributed by atoms with Crippen LogP contribution in [0, 0.1) is 6.92 Å². The molecule has 4 rings (SSSR count). The summed E-state index contributed by atoms with van der Waals surface area (Å²) in [6.45, 7) is 2.21. The molecule has 114 valence electrons. The van der Waals surface area contributed by atoms with Crippen molar-refractivity contribution in [3.05, 3.63) is 66.4 Å². The quantitative estimate of drug-likeness (QED) is 0.473. The Hall–Kier alpha value is -2.09. The zero-order valence-electron chi connectivity index (χ0n) is 13.6. The molecule has 0 unspecified atom stereocenters. The fraction of sp³-hybridized carbons (Fsp3) is 0.150. The first-order valence-corrected chi connectivity index (χ1v) is 9.47. The third kappa shape index (κ3) is 2.37. The molecular formula is C20H19N2Se+. The first kappa shape index (κ1) is 14.5. The van der Waals surface area contributed by atoms with Crippen LogP contribution in [-0.4, -0.2) is 22.0 Å². The predicted molar refractivity (Wildman–Crippen MR) is 97.3 cm³/mol. The Kier molecular flexibility index (Phi) is 3.48. The Bertz CT molecular complexity index is 902. The van der Waals surface area contributed by atoms with Gasteiger partial charge in [-0.3, -0.25) is 0 Å². The Morgan fingerprint density at radius 3 is 2.52 bits per heavy atom. The van der Waals surface area contributed by atoms with Gasteiger partial charge < -0.3 is 0 Å². The molecule has 0 N–H and O–H groups in total. The normalized spacial score (nSPS) is 12.7. The number of hydrogen-bond acceptors (Lipinski definition) is 1. The number of rotatable bonds is 1. The maximum absolute atomic E-state index is 2.40. The zero-order valence-corrected chi connectivity index (χ0v) is 15.3. The fourth-order valence-electron chi connectivity index (χ4n) is 3.16. The van der Waals surface area contributed by atoms with Gasteiger partial charge in [-0.05, 0) is 0 Å². The molecule has 0 amide bonds. The van der Waals surface area contributed by atoms with Crippen molar-refractivity contribution >= 4 is 35.3 Å². The monoisotopic (exact) mass is 367 g/mol. The first-order chi connectivity index (χ1) is 11.1. The van der Waals surface area contributed by atoms with Crippen molar-refractivity contribution in [1.82, 2.24) is 0 Å². The summed E-state index contributed by atoms with van der Waals surface area (Å²) < 4.78 is 5.12. The molecule has 0 saturated heterocycles. The van der Waals surface area contributed by atoms with Crippen LogP contribution in [0.15, 0.2) is 60.8 Å². The molecule has 0 radical (unpaired) electrons. The Labute approximate surface area is 143 Å². The van der Waals surface area contributed by atoms with E-state index in [1.54, 1.807) is 0 Å². The standard InChI is InChI=1S/C20H19N2Se/c1-14-12-18-20(13-15(14)16-8-6-7-11-21(16)2)23-19-10-5-4-9-17(19)22(18)3/h4-13H,1-3H3/q+1. The van der Waals surface area contributed by atoms with Crippen molar-refractivity contribution < 1.29 is 4.57 Å². The van der Waals surface area contributed by atoms with E-state index in [-0.39, 0.29) is 0 Å². The molecule has 2 nitrogen and oxygen atoms in total. The molecule has 2 aromatic carbocycles. The summed E-state index contributed by atoms with van der Waals surface area (Å²) in [5.74, 6) is 0. The molecule has 1 aromatic heterocycles. The van der Waals surface area contributed by atoms with Gasteiger partial charge in [-0.25, -0.2) is 0 Å². The van der Waals surface area contributed by atoms with Crippen LogP contribution in [0.3, 0.4) is 0 Å². The maximum atomic E-state index is 2.40. The van der Waals surface area contributed by atoms with Gasteiger partial charge in [0, 0.05) is 0 Å². The third-order valence-electron chi connectivity index (χ3n) is 4.44. The Morgan fingerprint density at radius 1 is 0.913 bits per heavy atom. The Morgan fingerprint density at radius 2 is 1.70 bits per heavy atom. The van der Waals surface area contributed by atoms with E-state index >= 15 is 0 Å². The molecule has 0 bridgehead atoms. The molecule has 0 fully saturated rings. The van der Waals surface area contributed by atoms with E-state index in [1.807, 2.05) is 0 Å². The van der Waals surface area contributed by atoms with Gasteiger partial charge in [0.05, 0.1) is 0 Å². The van der Waals surface area contributed by atoms with E-state index in [4.69, 9.17) is 0 Å². The van der Waals surface area contributed by atoms with Gasteiger partial charge in [0.2, 0.25) is 0 Å². The number of fused-ring (bicyclic) bond motifs is 2. The van der Waals surface area contributed by atoms with Gasteiger partial charge in [0.1, 0.15) is 0 Å². The summed E-state index contributed by atoms with van der Waals surface area (Å²) in [4.78, 5) is 2.33. The molecule has 1 aliphatic rings. The fourth-order valence-corrected chi connectivity index (χ4v) is 5.62. The summed E-state index contributed by atoms with van der Waals surface area (Å²) in [5.41, 5.74) is 6.63. The van der Waals surface area contributed by atoms with Crippen molar-refractivity contribution in [1.29, 1.82) is 0 Å². The molecule has 2 heterocycles. The second-order valence-electron chi connectivity index (χ2n) is 5.96. The van der Waals surface area contributed by atoms with Gasteiger partial charge in [0.25, 0.3) is 0 Å². The van der Waals surface area contributed by atoms with Gasteiger partial charge in [-0.2, -0.15) is 0 Å². The molecule has 0 spiro atoms. The summed E-state index contributed by atoms with van der Waals surface area (Å²) in [6.07, 6.45) is 2.11. The molecule has 3 heteroatoms.